The Morgan fingerprint density at radius 2 is 1.57 bits per heavy atom. The lowest BCUT2D eigenvalue weighted by Gasteiger charge is -2.40. The molecule has 44 heavy (non-hydrogen) atoms. The summed E-state index contributed by atoms with van der Waals surface area (Å²) in [5.41, 5.74) is 4.03. The van der Waals surface area contributed by atoms with Gasteiger partial charge in [-0.1, -0.05) is 98.6 Å². The lowest BCUT2D eigenvalue weighted by Crippen LogP contribution is -2.55. The normalized spacial score (nSPS) is 15.0. The first-order valence-electron chi connectivity index (χ1n) is 15.9. The average Bonchev–Trinajstić information content (AvgIpc) is 3.49. The second-order valence-corrected chi connectivity index (χ2v) is 12.6. The molecule has 1 fully saturated rings. The first kappa shape index (κ1) is 31.5. The van der Waals surface area contributed by atoms with Crippen LogP contribution in [0.3, 0.4) is 0 Å². The van der Waals surface area contributed by atoms with Gasteiger partial charge in [0.25, 0.3) is 5.91 Å². The van der Waals surface area contributed by atoms with E-state index < -0.39 is 0 Å². The van der Waals surface area contributed by atoms with Crippen LogP contribution in [-0.4, -0.2) is 67.8 Å². The number of piperazine rings is 1. The molecule has 0 N–H and O–H groups in total. The minimum Gasteiger partial charge on any atom is -0.339 e. The van der Waals surface area contributed by atoms with Crippen LogP contribution in [0.5, 0.6) is 0 Å². The minimum atomic E-state index is -0.0240. The topological polar surface area (TPSA) is 71.3 Å². The van der Waals surface area contributed by atoms with Gasteiger partial charge in [0.2, 0.25) is 5.91 Å². The quantitative estimate of drug-likeness (QED) is 0.118. The number of thioether (sulfide) groups is 1. The fourth-order valence-electron chi connectivity index (χ4n) is 5.71. The van der Waals surface area contributed by atoms with Crippen molar-refractivity contribution in [2.45, 2.75) is 70.0 Å². The van der Waals surface area contributed by atoms with Crippen LogP contribution in [-0.2, 0) is 11.2 Å². The molecule has 0 saturated carbocycles. The van der Waals surface area contributed by atoms with Crippen molar-refractivity contribution in [3.05, 3.63) is 96.1 Å². The molecule has 7 nitrogen and oxygen atoms in total. The second-order valence-electron chi connectivity index (χ2n) is 11.5. The van der Waals surface area contributed by atoms with E-state index in [1.807, 2.05) is 77.4 Å². The number of carbonyl (C=O) groups is 2. The average molecular weight is 610 g/mol. The number of aromatic nitrogens is 3. The fourth-order valence-corrected chi connectivity index (χ4v) is 6.60. The van der Waals surface area contributed by atoms with Crippen molar-refractivity contribution in [3.8, 4) is 17.1 Å². The third-order valence-corrected chi connectivity index (χ3v) is 9.22. The van der Waals surface area contributed by atoms with E-state index in [0.29, 0.717) is 26.1 Å². The van der Waals surface area contributed by atoms with Gasteiger partial charge < -0.3 is 9.80 Å². The van der Waals surface area contributed by atoms with Gasteiger partial charge in [-0.15, -0.1) is 10.2 Å². The SMILES string of the molecule is CCCCCCc1ccc(C(=O)N2CCN(C(=O)CCCSc3nnc(-c4ccccc4)n3-c3ccccc3)CC2C)cc1. The Balaban J connectivity index is 1.10. The van der Waals surface area contributed by atoms with E-state index in [1.54, 1.807) is 11.8 Å². The highest BCUT2D eigenvalue weighted by molar-refractivity contribution is 7.99. The van der Waals surface area contributed by atoms with Crippen molar-refractivity contribution in [3.63, 3.8) is 0 Å². The maximum atomic E-state index is 13.3. The summed E-state index contributed by atoms with van der Waals surface area (Å²) in [4.78, 5) is 30.2. The molecule has 1 unspecified atom stereocenters. The zero-order chi connectivity index (χ0) is 30.7. The molecule has 8 heteroatoms. The number of para-hydroxylation sites is 1. The molecular formula is C36H43N5O2S. The number of amides is 2. The van der Waals surface area contributed by atoms with Crippen LogP contribution >= 0.6 is 11.8 Å². The van der Waals surface area contributed by atoms with Crippen LogP contribution in [0.4, 0.5) is 0 Å². The smallest absolute Gasteiger partial charge is 0.254 e. The first-order chi connectivity index (χ1) is 21.5. The molecule has 0 bridgehead atoms. The van der Waals surface area contributed by atoms with E-state index in [2.05, 4.69) is 46.0 Å². The molecule has 1 aromatic heterocycles. The fraction of sp³-hybridized carbons (Fsp3) is 0.389. The molecule has 230 valence electrons. The molecule has 0 spiro atoms. The summed E-state index contributed by atoms with van der Waals surface area (Å²) < 4.78 is 2.08. The van der Waals surface area contributed by atoms with Gasteiger partial charge in [-0.3, -0.25) is 14.2 Å². The van der Waals surface area contributed by atoms with Gasteiger partial charge >= 0.3 is 0 Å². The van der Waals surface area contributed by atoms with E-state index in [0.717, 1.165) is 46.4 Å². The van der Waals surface area contributed by atoms with Crippen LogP contribution < -0.4 is 0 Å². The standard InChI is InChI=1S/C36H43N5O2S/c1-3-4-5-8-14-29-20-22-31(23-21-29)35(43)40-25-24-39(27-28(40)2)33(42)19-13-26-44-36-38-37-34(30-15-9-6-10-16-30)41(36)32-17-11-7-12-18-32/h6-7,9-12,15-18,20-23,28H,3-5,8,13-14,19,24-27H2,1-2H3. The highest BCUT2D eigenvalue weighted by atomic mass is 32.2. The molecule has 1 aliphatic rings. The molecule has 2 heterocycles. The number of rotatable bonds is 13. The molecule has 5 rings (SSSR count). The number of carbonyl (C=O) groups excluding carboxylic acids is 2. The number of hydrogen-bond donors (Lipinski definition) is 0. The van der Waals surface area contributed by atoms with Crippen molar-refractivity contribution < 1.29 is 9.59 Å². The zero-order valence-electron chi connectivity index (χ0n) is 25.9. The predicted molar refractivity (Wildman–Crippen MR) is 178 cm³/mol. The Morgan fingerprint density at radius 3 is 2.27 bits per heavy atom. The van der Waals surface area contributed by atoms with Crippen LogP contribution in [0.15, 0.2) is 90.1 Å². The predicted octanol–water partition coefficient (Wildman–Crippen LogP) is 7.30. The largest absolute Gasteiger partial charge is 0.339 e. The molecule has 0 radical (unpaired) electrons. The molecule has 4 aromatic rings. The Labute approximate surface area is 265 Å². The monoisotopic (exact) mass is 609 g/mol. The highest BCUT2D eigenvalue weighted by Gasteiger charge is 2.30. The number of hydrogen-bond acceptors (Lipinski definition) is 5. The summed E-state index contributed by atoms with van der Waals surface area (Å²) >= 11 is 1.62. The maximum Gasteiger partial charge on any atom is 0.254 e. The number of aryl methyl sites for hydroxylation is 1. The zero-order valence-corrected chi connectivity index (χ0v) is 26.7. The molecule has 3 aromatic carbocycles. The summed E-state index contributed by atoms with van der Waals surface area (Å²) in [7, 11) is 0. The second kappa shape index (κ2) is 15.7. The number of unbranched alkanes of at least 4 members (excludes halogenated alkanes) is 3. The van der Waals surface area contributed by atoms with Crippen molar-refractivity contribution in [1.82, 2.24) is 24.6 Å². The maximum absolute atomic E-state index is 13.3. The molecular weight excluding hydrogens is 566 g/mol. The number of nitrogens with zero attached hydrogens (tertiary/aromatic N) is 5. The van der Waals surface area contributed by atoms with Crippen LogP contribution in [0.25, 0.3) is 17.1 Å². The summed E-state index contributed by atoms with van der Waals surface area (Å²) in [6.07, 6.45) is 7.23. The Kier molecular flexibility index (Phi) is 11.2. The van der Waals surface area contributed by atoms with Crippen LogP contribution in [0.1, 0.15) is 68.3 Å². The molecule has 1 atom stereocenters. The van der Waals surface area contributed by atoms with Gasteiger partial charge in [0, 0.05) is 54.7 Å². The highest BCUT2D eigenvalue weighted by Crippen LogP contribution is 2.28. The van der Waals surface area contributed by atoms with Gasteiger partial charge in [-0.05, 0) is 56.0 Å². The molecule has 1 saturated heterocycles. The third kappa shape index (κ3) is 7.97. The summed E-state index contributed by atoms with van der Waals surface area (Å²) in [5, 5.41) is 9.82. The van der Waals surface area contributed by atoms with Gasteiger partial charge in [0.15, 0.2) is 11.0 Å². The van der Waals surface area contributed by atoms with E-state index >= 15 is 0 Å². The molecule has 2 amide bonds. The van der Waals surface area contributed by atoms with Crippen molar-refractivity contribution in [2.24, 2.45) is 0 Å². The van der Waals surface area contributed by atoms with Gasteiger partial charge in [-0.2, -0.15) is 0 Å². The number of benzene rings is 3. The summed E-state index contributed by atoms with van der Waals surface area (Å²) in [6, 6.07) is 28.3. The van der Waals surface area contributed by atoms with Crippen molar-refractivity contribution in [1.29, 1.82) is 0 Å². The van der Waals surface area contributed by atoms with Crippen LogP contribution in [0.2, 0.25) is 0 Å². The lowest BCUT2D eigenvalue weighted by molar-refractivity contribution is -0.133. The van der Waals surface area contributed by atoms with E-state index in [-0.39, 0.29) is 17.9 Å². The van der Waals surface area contributed by atoms with Gasteiger partial charge in [-0.25, -0.2) is 0 Å². The van der Waals surface area contributed by atoms with Gasteiger partial charge in [0.05, 0.1) is 0 Å². The Hall–Kier alpha value is -3.91. The Bertz CT molecular complexity index is 1490. The van der Waals surface area contributed by atoms with E-state index in [9.17, 15) is 9.59 Å². The summed E-state index contributed by atoms with van der Waals surface area (Å²) in [6.45, 7) is 5.95. The molecule has 0 aliphatic carbocycles. The lowest BCUT2D eigenvalue weighted by atomic mass is 10.0. The van der Waals surface area contributed by atoms with Crippen LogP contribution in [0, 0.1) is 0 Å². The van der Waals surface area contributed by atoms with Crippen molar-refractivity contribution >= 4 is 23.6 Å². The van der Waals surface area contributed by atoms with Crippen molar-refractivity contribution in [2.75, 3.05) is 25.4 Å². The third-order valence-electron chi connectivity index (χ3n) is 8.21. The van der Waals surface area contributed by atoms with E-state index in [4.69, 9.17) is 0 Å². The first-order valence-corrected chi connectivity index (χ1v) is 16.9. The molecule has 1 aliphatic heterocycles. The minimum absolute atomic E-state index is 0.0240. The van der Waals surface area contributed by atoms with Gasteiger partial charge in [0.1, 0.15) is 0 Å². The Morgan fingerprint density at radius 1 is 0.841 bits per heavy atom. The summed E-state index contributed by atoms with van der Waals surface area (Å²) in [5.74, 6) is 1.76. The van der Waals surface area contributed by atoms with E-state index in [1.165, 1.54) is 31.2 Å².